The number of rotatable bonds is 2. The standard InChI is InChI=1S/C12H19F3S/c13-12(14,15)16-9-10-5-4-8-11(10)6-2-1-3-7-11/h10H,1-9H2. The predicted molar refractivity (Wildman–Crippen MR) is 61.4 cm³/mol. The second kappa shape index (κ2) is 4.79. The van der Waals surface area contributed by atoms with Gasteiger partial charge in [0.15, 0.2) is 0 Å². The van der Waals surface area contributed by atoms with Crippen molar-refractivity contribution in [3.05, 3.63) is 0 Å². The van der Waals surface area contributed by atoms with Crippen LogP contribution in [0.15, 0.2) is 0 Å². The molecule has 2 fully saturated rings. The monoisotopic (exact) mass is 252 g/mol. The van der Waals surface area contributed by atoms with Crippen molar-refractivity contribution in [1.82, 2.24) is 0 Å². The van der Waals surface area contributed by atoms with Crippen LogP contribution in [-0.4, -0.2) is 11.3 Å². The molecule has 0 radical (unpaired) electrons. The molecule has 4 heteroatoms. The van der Waals surface area contributed by atoms with Crippen LogP contribution in [0.1, 0.15) is 51.4 Å². The third-order valence-electron chi connectivity index (χ3n) is 4.39. The number of hydrogen-bond donors (Lipinski definition) is 0. The predicted octanol–water partition coefficient (Wildman–Crippen LogP) is 4.99. The molecule has 2 rings (SSSR count). The molecular weight excluding hydrogens is 233 g/mol. The second-order valence-electron chi connectivity index (χ2n) is 5.27. The first-order valence-electron chi connectivity index (χ1n) is 6.23. The third-order valence-corrected chi connectivity index (χ3v) is 5.29. The Balaban J connectivity index is 1.92. The minimum absolute atomic E-state index is 0.198. The summed E-state index contributed by atoms with van der Waals surface area (Å²) in [6.07, 6.45) is 9.43. The summed E-state index contributed by atoms with van der Waals surface area (Å²) in [5.74, 6) is 0.614. The van der Waals surface area contributed by atoms with Gasteiger partial charge < -0.3 is 0 Å². The van der Waals surface area contributed by atoms with E-state index < -0.39 is 5.51 Å². The van der Waals surface area contributed by atoms with E-state index in [9.17, 15) is 13.2 Å². The lowest BCUT2D eigenvalue weighted by molar-refractivity contribution is -0.0333. The highest BCUT2D eigenvalue weighted by atomic mass is 32.2. The zero-order valence-electron chi connectivity index (χ0n) is 9.48. The zero-order valence-corrected chi connectivity index (χ0v) is 10.3. The molecule has 0 aromatic heterocycles. The van der Waals surface area contributed by atoms with Crippen LogP contribution in [0.25, 0.3) is 0 Å². The summed E-state index contributed by atoms with van der Waals surface area (Å²) < 4.78 is 36.7. The van der Waals surface area contributed by atoms with Crippen LogP contribution < -0.4 is 0 Å². The van der Waals surface area contributed by atoms with Gasteiger partial charge in [-0.25, -0.2) is 0 Å². The molecule has 94 valence electrons. The third kappa shape index (κ3) is 2.88. The average molecular weight is 252 g/mol. The molecule has 16 heavy (non-hydrogen) atoms. The Kier molecular flexibility index (Phi) is 3.77. The fourth-order valence-electron chi connectivity index (χ4n) is 3.58. The molecule has 2 saturated carbocycles. The number of halogens is 3. The van der Waals surface area contributed by atoms with E-state index in [2.05, 4.69) is 0 Å². The average Bonchev–Trinajstić information content (AvgIpc) is 2.58. The highest BCUT2D eigenvalue weighted by Gasteiger charge is 2.44. The number of alkyl halides is 3. The molecule has 2 aliphatic carbocycles. The van der Waals surface area contributed by atoms with Gasteiger partial charge in [0.05, 0.1) is 0 Å². The van der Waals surface area contributed by atoms with E-state index in [4.69, 9.17) is 0 Å². The summed E-state index contributed by atoms with van der Waals surface area (Å²) in [6, 6.07) is 0. The molecule has 0 amide bonds. The first-order chi connectivity index (χ1) is 7.52. The van der Waals surface area contributed by atoms with Crippen molar-refractivity contribution in [3.63, 3.8) is 0 Å². The Morgan fingerprint density at radius 1 is 1.00 bits per heavy atom. The molecule has 0 aliphatic heterocycles. The molecule has 0 saturated heterocycles. The van der Waals surface area contributed by atoms with Gasteiger partial charge >= 0.3 is 5.51 Å². The quantitative estimate of drug-likeness (QED) is 0.667. The van der Waals surface area contributed by atoms with Crippen molar-refractivity contribution in [1.29, 1.82) is 0 Å². The van der Waals surface area contributed by atoms with Crippen LogP contribution in [0.2, 0.25) is 0 Å². The van der Waals surface area contributed by atoms with Crippen molar-refractivity contribution in [2.75, 3.05) is 5.75 Å². The van der Waals surface area contributed by atoms with Gasteiger partial charge in [-0.2, -0.15) is 13.2 Å². The minimum Gasteiger partial charge on any atom is -0.160 e. The summed E-state index contributed by atoms with van der Waals surface area (Å²) >= 11 is 0.198. The zero-order chi connectivity index (χ0) is 11.6. The fourth-order valence-corrected chi connectivity index (χ4v) is 4.49. The van der Waals surface area contributed by atoms with Crippen molar-refractivity contribution in [2.24, 2.45) is 11.3 Å². The van der Waals surface area contributed by atoms with Gasteiger partial charge in [0.1, 0.15) is 0 Å². The molecule has 0 bridgehead atoms. The maximum Gasteiger partial charge on any atom is 0.441 e. The van der Waals surface area contributed by atoms with E-state index >= 15 is 0 Å². The molecular formula is C12H19F3S. The lowest BCUT2D eigenvalue weighted by Gasteiger charge is -2.39. The SMILES string of the molecule is FC(F)(F)SCC1CCCC12CCCCC2. The highest BCUT2D eigenvalue weighted by Crippen LogP contribution is 2.54. The smallest absolute Gasteiger partial charge is 0.160 e. The van der Waals surface area contributed by atoms with E-state index in [0.717, 1.165) is 12.8 Å². The van der Waals surface area contributed by atoms with Crippen LogP contribution >= 0.6 is 11.8 Å². The fraction of sp³-hybridized carbons (Fsp3) is 1.00. The van der Waals surface area contributed by atoms with Gasteiger partial charge in [-0.05, 0) is 37.0 Å². The Bertz CT molecular complexity index is 231. The molecule has 1 atom stereocenters. The molecule has 0 heterocycles. The first-order valence-corrected chi connectivity index (χ1v) is 7.21. The Hall–Kier alpha value is 0.140. The summed E-state index contributed by atoms with van der Waals surface area (Å²) in [5, 5.41) is 0. The molecule has 0 aromatic carbocycles. The van der Waals surface area contributed by atoms with Crippen molar-refractivity contribution < 1.29 is 13.2 Å². The number of thioether (sulfide) groups is 1. The molecule has 1 spiro atoms. The van der Waals surface area contributed by atoms with Crippen LogP contribution in [0.5, 0.6) is 0 Å². The molecule has 1 unspecified atom stereocenters. The lowest BCUT2D eigenvalue weighted by atomic mass is 9.68. The van der Waals surface area contributed by atoms with Gasteiger partial charge in [0, 0.05) is 5.75 Å². The van der Waals surface area contributed by atoms with Crippen LogP contribution in [0, 0.1) is 11.3 Å². The van der Waals surface area contributed by atoms with E-state index in [0.29, 0.717) is 11.7 Å². The maximum atomic E-state index is 12.2. The van der Waals surface area contributed by atoms with Crippen molar-refractivity contribution >= 4 is 11.8 Å². The molecule has 0 N–H and O–H groups in total. The van der Waals surface area contributed by atoms with Gasteiger partial charge in [0.25, 0.3) is 0 Å². The topological polar surface area (TPSA) is 0 Å². The van der Waals surface area contributed by atoms with Crippen LogP contribution in [0.3, 0.4) is 0 Å². The molecule has 0 aromatic rings. The number of hydrogen-bond acceptors (Lipinski definition) is 1. The Labute approximate surface area is 99.4 Å². The highest BCUT2D eigenvalue weighted by molar-refractivity contribution is 8.00. The summed E-state index contributed by atoms with van der Waals surface area (Å²) in [5.41, 5.74) is -3.76. The first kappa shape index (κ1) is 12.6. The van der Waals surface area contributed by atoms with Gasteiger partial charge in [0.2, 0.25) is 0 Å². The van der Waals surface area contributed by atoms with Crippen LogP contribution in [0.4, 0.5) is 13.2 Å². The van der Waals surface area contributed by atoms with E-state index in [1.54, 1.807) is 0 Å². The second-order valence-corrected chi connectivity index (χ2v) is 6.35. The minimum atomic E-state index is -4.04. The van der Waals surface area contributed by atoms with Gasteiger partial charge in [-0.3, -0.25) is 0 Å². The van der Waals surface area contributed by atoms with E-state index in [-0.39, 0.29) is 17.2 Å². The van der Waals surface area contributed by atoms with Crippen LogP contribution in [-0.2, 0) is 0 Å². The largest absolute Gasteiger partial charge is 0.441 e. The maximum absolute atomic E-state index is 12.2. The summed E-state index contributed by atoms with van der Waals surface area (Å²) in [6.45, 7) is 0. The molecule has 0 nitrogen and oxygen atoms in total. The lowest BCUT2D eigenvalue weighted by Crippen LogP contribution is -2.30. The van der Waals surface area contributed by atoms with Crippen molar-refractivity contribution in [2.45, 2.75) is 56.9 Å². The Morgan fingerprint density at radius 3 is 2.25 bits per heavy atom. The molecule has 2 aliphatic rings. The van der Waals surface area contributed by atoms with Gasteiger partial charge in [-0.15, -0.1) is 0 Å². The van der Waals surface area contributed by atoms with E-state index in [1.165, 1.54) is 38.5 Å². The Morgan fingerprint density at radius 2 is 1.62 bits per heavy atom. The normalized spacial score (nSPS) is 29.8. The summed E-state index contributed by atoms with van der Waals surface area (Å²) in [4.78, 5) is 0. The van der Waals surface area contributed by atoms with E-state index in [1.807, 2.05) is 0 Å². The summed E-state index contributed by atoms with van der Waals surface area (Å²) in [7, 11) is 0. The van der Waals surface area contributed by atoms with Crippen molar-refractivity contribution in [3.8, 4) is 0 Å². The van der Waals surface area contributed by atoms with Gasteiger partial charge in [-0.1, -0.05) is 37.4 Å².